The molecule has 5 radical (unpaired) electrons. The van der Waals surface area contributed by atoms with Crippen LogP contribution in [0.15, 0.2) is 0 Å². The minimum absolute atomic E-state index is 0. The van der Waals surface area contributed by atoms with Crippen LogP contribution >= 0.6 is 0 Å². The van der Waals surface area contributed by atoms with Crippen LogP contribution in [-0.2, 0) is 143 Å². The normalized spacial score (nSPS) is 28.0. The van der Waals surface area contributed by atoms with Crippen molar-refractivity contribution in [3.8, 4) is 0 Å². The maximum atomic E-state index is 10.00. The summed E-state index contributed by atoms with van der Waals surface area (Å²) in [5, 5.41) is 76.7. The zero-order valence-corrected chi connectivity index (χ0v) is 30.5. The first-order valence-corrected chi connectivity index (χ1v) is 7.05. The van der Waals surface area contributed by atoms with Crippen molar-refractivity contribution in [3.63, 3.8) is 0 Å². The van der Waals surface area contributed by atoms with Gasteiger partial charge in [-0.1, -0.05) is 0 Å². The summed E-state index contributed by atoms with van der Waals surface area (Å²) in [4.78, 5) is 0. The number of aliphatic hydroxyl groups excluding tert-OH is 8. The number of hydrogen-bond donors (Lipinski definition) is 8. The maximum absolute atomic E-state index is 10.00. The first-order chi connectivity index (χ1) is 10.8. The van der Waals surface area contributed by atoms with Gasteiger partial charge in [-0.3, -0.25) is 0 Å². The van der Waals surface area contributed by atoms with Crippen LogP contribution in [0.25, 0.3) is 0 Å². The van der Waals surface area contributed by atoms with E-state index in [2.05, 4.69) is 0 Å². The molecule has 0 aromatic rings. The topological polar surface area (TPSA) is 542 Å². The Kier molecular flexibility index (Phi) is 153. The van der Waals surface area contributed by atoms with Gasteiger partial charge in [0.25, 0.3) is 0 Å². The van der Waals surface area contributed by atoms with E-state index in [1.165, 1.54) is 0 Å². The van der Waals surface area contributed by atoms with Crippen molar-refractivity contribution in [1.82, 2.24) is 0 Å². The molecule has 257 valence electrons. The van der Waals surface area contributed by atoms with E-state index in [9.17, 15) is 30.6 Å². The van der Waals surface area contributed by atoms with Gasteiger partial charge in [0.15, 0.2) is 6.29 Å². The van der Waals surface area contributed by atoms with Crippen molar-refractivity contribution in [2.45, 2.75) is 54.8 Å². The van der Waals surface area contributed by atoms with Gasteiger partial charge in [-0.2, -0.15) is 0 Å². The third-order valence-electron chi connectivity index (χ3n) is 4.07. The van der Waals surface area contributed by atoms with Crippen molar-refractivity contribution in [3.05, 3.63) is 0 Å². The molecule has 23 nitrogen and oxygen atoms in total. The van der Waals surface area contributed by atoms with Crippen LogP contribution in [0.3, 0.4) is 0 Å². The Bertz CT molecular complexity index is 436. The molecule has 0 aliphatic carbocycles. The molecule has 0 aromatic carbocycles. The zero-order chi connectivity index (χ0) is 17.4. The van der Waals surface area contributed by atoms with Crippen molar-refractivity contribution in [2.75, 3.05) is 19.8 Å². The monoisotopic (exact) mass is 867 g/mol. The molecule has 0 saturated carbocycles. The molecule has 2 aliphatic heterocycles. The Hall–Kier alpha value is 3.68. The summed E-state index contributed by atoms with van der Waals surface area (Å²) in [6, 6.07) is 0. The van der Waals surface area contributed by atoms with E-state index in [1.807, 2.05) is 0 Å². The van der Waals surface area contributed by atoms with Gasteiger partial charge in [0.05, 0.1) is 13.2 Å². The van der Waals surface area contributed by atoms with Crippen LogP contribution in [0.2, 0.25) is 0 Å². The summed E-state index contributed by atoms with van der Waals surface area (Å²) in [6.07, 6.45) is -12.7. The Morgan fingerprint density at radius 2 is 0.881 bits per heavy atom. The third kappa shape index (κ3) is 26.6. The number of hydrogen-bond acceptors (Lipinski definition) is 12. The molecule has 15 N–H and O–H groups in total. The summed E-state index contributed by atoms with van der Waals surface area (Å²) in [6.45, 7) is -2.32. The van der Waals surface area contributed by atoms with E-state index >= 15 is 0 Å². The molecule has 0 amide bonds. The fourth-order valence-corrected chi connectivity index (χ4v) is 2.63. The second-order valence-electron chi connectivity index (χ2n) is 5.56. The van der Waals surface area contributed by atoms with E-state index < -0.39 is 74.6 Å². The van der Waals surface area contributed by atoms with Gasteiger partial charge in [-0.15, -0.1) is 0 Å². The number of ether oxygens (including phenoxy) is 3. The fourth-order valence-electron chi connectivity index (χ4n) is 2.63. The van der Waals surface area contributed by atoms with Crippen LogP contribution in [0.1, 0.15) is 0 Å². The van der Waals surface area contributed by atoms with Crippen LogP contribution in [0.4, 0.5) is 0 Å². The molecule has 42 heavy (non-hydrogen) atoms. The summed E-state index contributed by atoms with van der Waals surface area (Å²) in [5.41, 5.74) is 0. The van der Waals surface area contributed by atoms with E-state index in [4.69, 9.17) is 24.4 Å². The first-order valence-electron chi connectivity index (χ1n) is 7.05. The van der Waals surface area contributed by atoms with Gasteiger partial charge >= 0.3 is 144 Å². The Morgan fingerprint density at radius 1 is 0.548 bits per heavy atom. The van der Waals surface area contributed by atoms with Crippen LogP contribution in [0.5, 0.6) is 0 Å². The van der Waals surface area contributed by atoms with E-state index in [0.29, 0.717) is 0 Å². The van der Waals surface area contributed by atoms with Gasteiger partial charge in [-0.25, -0.2) is 0 Å². The van der Waals surface area contributed by atoms with E-state index in [1.54, 1.807) is 0 Å². The van der Waals surface area contributed by atoms with Crippen molar-refractivity contribution in [1.29, 1.82) is 0 Å². The Labute approximate surface area is 336 Å². The van der Waals surface area contributed by atoms with Gasteiger partial charge in [0, 0.05) is 0 Å². The molecule has 9 atom stereocenters. The minimum atomic E-state index is -2.22. The number of rotatable bonds is 5. The summed E-state index contributed by atoms with van der Waals surface area (Å²) in [7, 11) is 0. The van der Waals surface area contributed by atoms with Crippen LogP contribution < -0.4 is 59.1 Å². The predicted molar refractivity (Wildman–Crippen MR) is 86.9 cm³/mol. The molecular formula is C12H29Fe5Na2O23. The zero-order valence-electron chi connectivity index (χ0n) is 21.0. The van der Waals surface area contributed by atoms with Crippen LogP contribution in [-0.4, -0.2) is 137 Å². The molecule has 0 spiro atoms. The van der Waals surface area contributed by atoms with Crippen LogP contribution in [0, 0.1) is 0 Å². The molecule has 2 heterocycles. The van der Waals surface area contributed by atoms with Gasteiger partial charge < -0.3 is 121 Å². The SMILES string of the molecule is O.O.O.OCC1OC(OC2(CO)OC(CO)C(O)C2O)C(O)C(O)C1O.[Fe+3].[Fe+3].[Fe+3].[Fe+3].[Fe+3].[Na+].[Na+].[O-2].[O-2].[O-2].[O-2].[O-2].[O-2].[O-2].[O-2].[OH-]. The fraction of sp³-hybridized carbons (Fsp3) is 1.00. The minimum Gasteiger partial charge on any atom is -2.00 e. The summed E-state index contributed by atoms with van der Waals surface area (Å²) in [5.74, 6) is -2.22. The third-order valence-corrected chi connectivity index (χ3v) is 4.07. The standard InChI is InChI=1S/C12H22O11.5Fe.2Na.4H2O.8O/c13-1-4-6(16)8(18)9(19)11(21-4)23-12(3-15)10(20)7(17)5(2-14)22-12;;;;;;;;;;;;;;;;;;;/h4-11,13-20H,1-3H2;;;;;;;;4*1H2;;;;;;;;/q;5*+3;2*+1;;;;;8*-2/p-1. The molecule has 2 aliphatic rings. The largest absolute Gasteiger partial charge is 3.00 e. The van der Waals surface area contributed by atoms with Gasteiger partial charge in [0.2, 0.25) is 5.79 Å². The molecule has 0 aromatic heterocycles. The molecule has 9 unspecified atom stereocenters. The second-order valence-corrected chi connectivity index (χ2v) is 5.56. The van der Waals surface area contributed by atoms with E-state index in [0.717, 1.165) is 0 Å². The van der Waals surface area contributed by atoms with Gasteiger partial charge in [0.1, 0.15) is 49.3 Å². The molecular weight excluding hydrogens is 837 g/mol. The first kappa shape index (κ1) is 119. The summed E-state index contributed by atoms with van der Waals surface area (Å²) < 4.78 is 15.4. The molecule has 2 fully saturated rings. The van der Waals surface area contributed by atoms with Gasteiger partial charge in [-0.05, 0) is 0 Å². The Balaban J connectivity index is -0.0000000189. The van der Waals surface area contributed by atoms with Crippen molar-refractivity contribution >= 4 is 0 Å². The Morgan fingerprint density at radius 3 is 1.14 bits per heavy atom. The molecule has 2 saturated heterocycles. The quantitative estimate of drug-likeness (QED) is 0.120. The van der Waals surface area contributed by atoms with Crippen molar-refractivity contribution < 1.29 is 265 Å². The predicted octanol–water partition coefficient (Wildman–Crippen LogP) is -15.0. The van der Waals surface area contributed by atoms with Crippen molar-refractivity contribution in [2.24, 2.45) is 0 Å². The average Bonchev–Trinajstić information content (AvgIpc) is 2.80. The smallest absolute Gasteiger partial charge is 2.00 e. The maximum Gasteiger partial charge on any atom is 3.00 e. The molecule has 30 heteroatoms. The van der Waals surface area contributed by atoms with E-state index in [-0.39, 0.29) is 210 Å². The second kappa shape index (κ2) is 54.1. The summed E-state index contributed by atoms with van der Waals surface area (Å²) >= 11 is 0. The number of aliphatic hydroxyl groups is 8. The molecule has 0 bridgehead atoms. The average molecular weight is 867 g/mol. The molecule has 2 rings (SSSR count).